The Kier molecular flexibility index (Phi) is 4.88. The fraction of sp³-hybridized carbons (Fsp3) is 0. The van der Waals surface area contributed by atoms with E-state index in [2.05, 4.69) is 5.32 Å². The maximum atomic E-state index is 13.2. The number of hydrogen-bond acceptors (Lipinski definition) is 5. The number of phenolic OH excluding ortho intramolecular Hbond substituents is 1. The summed E-state index contributed by atoms with van der Waals surface area (Å²) >= 11 is 5.90. The van der Waals surface area contributed by atoms with Crippen molar-refractivity contribution in [2.24, 2.45) is 0 Å². The molecule has 4 aromatic rings. The third kappa shape index (κ3) is 3.49. The predicted octanol–water partition coefficient (Wildman–Crippen LogP) is 6.36. The number of carbonyl (C=O) groups excluding carboxylic acids is 2. The lowest BCUT2D eigenvalue weighted by Gasteiger charge is -2.21. The zero-order chi connectivity index (χ0) is 22.2. The van der Waals surface area contributed by atoms with Crippen LogP contribution in [0.3, 0.4) is 0 Å². The number of rotatable bonds is 4. The van der Waals surface area contributed by atoms with Gasteiger partial charge in [-0.1, -0.05) is 35.9 Å². The minimum atomic E-state index is -0.372. The van der Waals surface area contributed by atoms with Crippen LogP contribution in [0.15, 0.2) is 84.9 Å². The second-order valence-electron chi connectivity index (χ2n) is 7.29. The number of halogens is 1. The Bertz CT molecular complexity index is 1360. The maximum absolute atomic E-state index is 13.2. The number of nitrogens with one attached hydrogen (secondary N) is 1. The summed E-state index contributed by atoms with van der Waals surface area (Å²) in [6, 6.07) is 23.8. The van der Waals surface area contributed by atoms with E-state index >= 15 is 0 Å². The van der Waals surface area contributed by atoms with E-state index in [0.717, 1.165) is 0 Å². The van der Waals surface area contributed by atoms with Gasteiger partial charge in [0.05, 0.1) is 16.8 Å². The first-order valence-corrected chi connectivity index (χ1v) is 10.2. The molecule has 6 heteroatoms. The molecule has 0 unspecified atom stereocenters. The molecule has 2 N–H and O–H groups in total. The van der Waals surface area contributed by atoms with Crippen LogP contribution in [0.4, 0.5) is 11.4 Å². The molecule has 32 heavy (non-hydrogen) atoms. The van der Waals surface area contributed by atoms with Gasteiger partial charge in [0.1, 0.15) is 17.2 Å². The highest BCUT2D eigenvalue weighted by Gasteiger charge is 2.33. The van der Waals surface area contributed by atoms with E-state index in [-0.39, 0.29) is 28.4 Å². The van der Waals surface area contributed by atoms with Gasteiger partial charge >= 0.3 is 0 Å². The van der Waals surface area contributed by atoms with Crippen molar-refractivity contribution >= 4 is 34.5 Å². The molecule has 0 aromatic heterocycles. The molecular weight excluding hydrogens is 426 g/mol. The van der Waals surface area contributed by atoms with E-state index in [1.165, 1.54) is 6.07 Å². The van der Waals surface area contributed by atoms with Crippen molar-refractivity contribution in [1.82, 2.24) is 0 Å². The van der Waals surface area contributed by atoms with E-state index in [9.17, 15) is 14.7 Å². The highest BCUT2D eigenvalue weighted by molar-refractivity contribution is 6.31. The molecule has 0 radical (unpaired) electrons. The standard InChI is InChI=1S/C26H16ClNO4/c27-15-5-9-17(10-6-15)32-18-11-7-16(8-12-18)28-21-13-14-22(29)24-23(21)25(30)19-3-1-2-4-20(19)26(24)31/h1-14,28-29H. The molecule has 0 heterocycles. The fourth-order valence-corrected chi connectivity index (χ4v) is 3.84. The normalized spacial score (nSPS) is 12.2. The van der Waals surface area contributed by atoms with E-state index in [1.807, 2.05) is 0 Å². The van der Waals surface area contributed by atoms with E-state index in [1.54, 1.807) is 78.9 Å². The number of phenols is 1. The number of benzene rings is 4. The van der Waals surface area contributed by atoms with Crippen LogP contribution in [0.2, 0.25) is 5.02 Å². The number of fused-ring (bicyclic) bond motifs is 2. The molecule has 1 aliphatic carbocycles. The quantitative estimate of drug-likeness (QED) is 0.317. The molecule has 1 aliphatic rings. The Morgan fingerprint density at radius 3 is 1.88 bits per heavy atom. The van der Waals surface area contributed by atoms with E-state index in [4.69, 9.17) is 16.3 Å². The summed E-state index contributed by atoms with van der Waals surface area (Å²) < 4.78 is 5.80. The number of ketones is 2. The van der Waals surface area contributed by atoms with Crippen molar-refractivity contribution < 1.29 is 19.4 Å². The molecule has 5 rings (SSSR count). The van der Waals surface area contributed by atoms with Crippen LogP contribution in [0.5, 0.6) is 17.2 Å². The van der Waals surface area contributed by atoms with Crippen LogP contribution in [0.25, 0.3) is 0 Å². The summed E-state index contributed by atoms with van der Waals surface area (Å²) in [4.78, 5) is 26.1. The van der Waals surface area contributed by atoms with Gasteiger partial charge in [0.25, 0.3) is 0 Å². The van der Waals surface area contributed by atoms with Gasteiger partial charge in [-0.25, -0.2) is 0 Å². The lowest BCUT2D eigenvalue weighted by molar-refractivity contribution is 0.0977. The second-order valence-corrected chi connectivity index (χ2v) is 7.73. The number of hydrogen-bond donors (Lipinski definition) is 2. The average Bonchev–Trinajstić information content (AvgIpc) is 2.81. The topological polar surface area (TPSA) is 75.6 Å². The van der Waals surface area contributed by atoms with E-state index in [0.29, 0.717) is 39.0 Å². The highest BCUT2D eigenvalue weighted by atomic mass is 35.5. The monoisotopic (exact) mass is 441 g/mol. The number of anilines is 2. The Hall–Kier alpha value is -4.09. The zero-order valence-corrected chi connectivity index (χ0v) is 17.4. The van der Waals surface area contributed by atoms with Gasteiger partial charge in [0.15, 0.2) is 11.6 Å². The number of ether oxygens (including phenoxy) is 1. The SMILES string of the molecule is O=C1c2ccccc2C(=O)c2c(Nc3ccc(Oc4ccc(Cl)cc4)cc3)ccc(O)c21. The van der Waals surface area contributed by atoms with Gasteiger partial charge in [-0.3, -0.25) is 9.59 Å². The first-order valence-electron chi connectivity index (χ1n) is 9.86. The fourth-order valence-electron chi connectivity index (χ4n) is 3.71. The predicted molar refractivity (Wildman–Crippen MR) is 123 cm³/mol. The van der Waals surface area contributed by atoms with Crippen molar-refractivity contribution in [3.8, 4) is 17.2 Å². The van der Waals surface area contributed by atoms with Gasteiger partial charge in [-0.05, 0) is 60.7 Å². The Labute approximate surface area is 188 Å². The third-order valence-corrected chi connectivity index (χ3v) is 5.49. The van der Waals surface area contributed by atoms with Crippen molar-refractivity contribution in [1.29, 1.82) is 0 Å². The molecule has 0 saturated carbocycles. The van der Waals surface area contributed by atoms with Crippen molar-refractivity contribution in [2.75, 3.05) is 5.32 Å². The van der Waals surface area contributed by atoms with Gasteiger partial charge in [-0.2, -0.15) is 0 Å². The molecule has 0 amide bonds. The molecule has 5 nitrogen and oxygen atoms in total. The number of aromatic hydroxyl groups is 1. The van der Waals surface area contributed by atoms with Gasteiger partial charge in [0, 0.05) is 21.8 Å². The highest BCUT2D eigenvalue weighted by Crippen LogP contribution is 2.38. The second kappa shape index (κ2) is 7.87. The van der Waals surface area contributed by atoms with Crippen LogP contribution in [0.1, 0.15) is 31.8 Å². The first-order chi connectivity index (χ1) is 15.5. The average molecular weight is 442 g/mol. The first kappa shape index (κ1) is 19.8. The smallest absolute Gasteiger partial charge is 0.198 e. The molecule has 0 aliphatic heterocycles. The zero-order valence-electron chi connectivity index (χ0n) is 16.6. The van der Waals surface area contributed by atoms with Crippen molar-refractivity contribution in [3.63, 3.8) is 0 Å². The van der Waals surface area contributed by atoms with E-state index < -0.39 is 0 Å². The Morgan fingerprint density at radius 1 is 0.688 bits per heavy atom. The summed E-state index contributed by atoms with van der Waals surface area (Å²) in [5.74, 6) is 0.390. The molecule has 4 aromatic carbocycles. The molecular formula is C26H16ClNO4. The molecule has 0 fully saturated rings. The summed E-state index contributed by atoms with van der Waals surface area (Å²) in [6.07, 6.45) is 0. The summed E-state index contributed by atoms with van der Waals surface area (Å²) in [5, 5.41) is 14.1. The third-order valence-electron chi connectivity index (χ3n) is 5.24. The van der Waals surface area contributed by atoms with Crippen LogP contribution in [-0.4, -0.2) is 16.7 Å². The largest absolute Gasteiger partial charge is 0.507 e. The van der Waals surface area contributed by atoms with Gasteiger partial charge in [0.2, 0.25) is 0 Å². The maximum Gasteiger partial charge on any atom is 0.198 e. The minimum absolute atomic E-state index is 0.0152. The summed E-state index contributed by atoms with van der Waals surface area (Å²) in [6.45, 7) is 0. The Balaban J connectivity index is 1.45. The molecule has 156 valence electrons. The van der Waals surface area contributed by atoms with Crippen LogP contribution in [0, 0.1) is 0 Å². The van der Waals surface area contributed by atoms with Gasteiger partial charge < -0.3 is 15.2 Å². The molecule has 0 bridgehead atoms. The van der Waals surface area contributed by atoms with Gasteiger partial charge in [-0.15, -0.1) is 0 Å². The Morgan fingerprint density at radius 2 is 1.25 bits per heavy atom. The minimum Gasteiger partial charge on any atom is -0.507 e. The lowest BCUT2D eigenvalue weighted by atomic mass is 9.82. The molecule has 0 spiro atoms. The lowest BCUT2D eigenvalue weighted by Crippen LogP contribution is -2.22. The molecule has 0 saturated heterocycles. The molecule has 0 atom stereocenters. The van der Waals surface area contributed by atoms with Crippen LogP contribution in [-0.2, 0) is 0 Å². The number of carbonyl (C=O) groups is 2. The summed E-state index contributed by atoms with van der Waals surface area (Å²) in [7, 11) is 0. The van der Waals surface area contributed by atoms with Crippen LogP contribution < -0.4 is 10.1 Å². The summed E-state index contributed by atoms with van der Waals surface area (Å²) in [5.41, 5.74) is 1.93. The van der Waals surface area contributed by atoms with Crippen LogP contribution >= 0.6 is 11.6 Å². The van der Waals surface area contributed by atoms with Crippen molar-refractivity contribution in [3.05, 3.63) is 112 Å². The van der Waals surface area contributed by atoms with Crippen molar-refractivity contribution in [2.45, 2.75) is 0 Å².